The van der Waals surface area contributed by atoms with E-state index in [1.54, 1.807) is 26.2 Å². The van der Waals surface area contributed by atoms with Crippen molar-refractivity contribution >= 4 is 17.9 Å². The fourth-order valence-electron chi connectivity index (χ4n) is 1.70. The number of allylic oxidation sites excluding steroid dienone is 1. The quantitative estimate of drug-likeness (QED) is 0.361. The first-order chi connectivity index (χ1) is 10.1. The molecule has 0 aliphatic heterocycles. The number of para-hydroxylation sites is 2. The minimum atomic E-state index is -0.581. The van der Waals surface area contributed by atoms with Crippen LogP contribution in [0.5, 0.6) is 5.75 Å². The van der Waals surface area contributed by atoms with E-state index in [-0.39, 0.29) is 17.9 Å². The summed E-state index contributed by atoms with van der Waals surface area (Å²) in [6, 6.07) is 7.17. The minimum Gasteiger partial charge on any atom is -0.511 e. The fourth-order valence-corrected chi connectivity index (χ4v) is 1.70. The fraction of sp³-hybridized carbons (Fsp3) is 0.375. The molecule has 0 radical (unpaired) electrons. The molecule has 5 heteroatoms. The lowest BCUT2D eigenvalue weighted by molar-refractivity contribution is -0.138. The molecule has 0 amide bonds. The Hall–Kier alpha value is -2.30. The van der Waals surface area contributed by atoms with Crippen molar-refractivity contribution in [2.24, 2.45) is 4.99 Å². The van der Waals surface area contributed by atoms with E-state index in [2.05, 4.69) is 4.99 Å². The molecule has 1 N–H and O–H groups in total. The Kier molecular flexibility index (Phi) is 7.01. The molecule has 114 valence electrons. The number of benzene rings is 1. The van der Waals surface area contributed by atoms with E-state index in [1.165, 1.54) is 6.21 Å². The van der Waals surface area contributed by atoms with Gasteiger partial charge in [0.1, 0.15) is 22.8 Å². The molecular formula is C16H21NO4. The van der Waals surface area contributed by atoms with Crippen LogP contribution in [0.4, 0.5) is 5.69 Å². The Morgan fingerprint density at radius 1 is 1.33 bits per heavy atom. The normalized spacial score (nSPS) is 12.1. The van der Waals surface area contributed by atoms with E-state index in [0.717, 1.165) is 6.42 Å². The lowest BCUT2D eigenvalue weighted by Crippen LogP contribution is -2.11. The number of methoxy groups -OCH3 is 1. The summed E-state index contributed by atoms with van der Waals surface area (Å²) in [6.07, 6.45) is 2.43. The first-order valence-corrected chi connectivity index (χ1v) is 6.90. The van der Waals surface area contributed by atoms with Crippen molar-refractivity contribution in [2.75, 3.05) is 13.7 Å². The molecule has 0 saturated carbocycles. The lowest BCUT2D eigenvalue weighted by Gasteiger charge is -2.06. The topological polar surface area (TPSA) is 68.1 Å². The Labute approximate surface area is 124 Å². The van der Waals surface area contributed by atoms with E-state index in [4.69, 9.17) is 9.47 Å². The van der Waals surface area contributed by atoms with E-state index >= 15 is 0 Å². The number of ether oxygens (including phenoxy) is 2. The molecular weight excluding hydrogens is 270 g/mol. The van der Waals surface area contributed by atoms with Crippen LogP contribution in [-0.2, 0) is 9.53 Å². The summed E-state index contributed by atoms with van der Waals surface area (Å²) in [7, 11) is 1.55. The summed E-state index contributed by atoms with van der Waals surface area (Å²) in [6.45, 7) is 3.87. The van der Waals surface area contributed by atoms with Crippen molar-refractivity contribution in [3.05, 3.63) is 35.6 Å². The van der Waals surface area contributed by atoms with Crippen LogP contribution in [0.2, 0.25) is 0 Å². The summed E-state index contributed by atoms with van der Waals surface area (Å²) in [5.74, 6) is -0.0105. The van der Waals surface area contributed by atoms with Gasteiger partial charge < -0.3 is 14.6 Å². The third-order valence-electron chi connectivity index (χ3n) is 2.71. The average molecular weight is 291 g/mol. The first-order valence-electron chi connectivity index (χ1n) is 6.90. The number of esters is 1. The number of hydrogen-bond acceptors (Lipinski definition) is 5. The van der Waals surface area contributed by atoms with Crippen LogP contribution in [-0.4, -0.2) is 31.0 Å². The van der Waals surface area contributed by atoms with Crippen molar-refractivity contribution in [2.45, 2.75) is 26.7 Å². The summed E-state index contributed by atoms with van der Waals surface area (Å²) in [5, 5.41) is 9.97. The van der Waals surface area contributed by atoms with E-state index in [1.807, 2.05) is 19.1 Å². The molecule has 0 fully saturated rings. The predicted octanol–water partition coefficient (Wildman–Crippen LogP) is 3.57. The van der Waals surface area contributed by atoms with Gasteiger partial charge in [-0.05, 0) is 25.5 Å². The van der Waals surface area contributed by atoms with Crippen molar-refractivity contribution < 1.29 is 19.4 Å². The predicted molar refractivity (Wildman–Crippen MR) is 82.3 cm³/mol. The number of aliphatic hydroxyl groups excluding tert-OH is 1. The number of rotatable bonds is 7. The van der Waals surface area contributed by atoms with Crippen LogP contribution in [0.25, 0.3) is 0 Å². The molecule has 1 aromatic rings. The summed E-state index contributed by atoms with van der Waals surface area (Å²) in [4.78, 5) is 16.1. The van der Waals surface area contributed by atoms with Gasteiger partial charge in [-0.1, -0.05) is 19.1 Å². The summed E-state index contributed by atoms with van der Waals surface area (Å²) < 4.78 is 10.1. The monoisotopic (exact) mass is 291 g/mol. The maximum Gasteiger partial charge on any atom is 0.343 e. The van der Waals surface area contributed by atoms with Gasteiger partial charge in [-0.15, -0.1) is 0 Å². The van der Waals surface area contributed by atoms with Gasteiger partial charge in [0.2, 0.25) is 0 Å². The van der Waals surface area contributed by atoms with Gasteiger partial charge in [0.25, 0.3) is 0 Å². The molecule has 0 saturated heterocycles. The van der Waals surface area contributed by atoms with Gasteiger partial charge in [-0.3, -0.25) is 4.99 Å². The zero-order valence-electron chi connectivity index (χ0n) is 12.6. The van der Waals surface area contributed by atoms with Gasteiger partial charge in [-0.2, -0.15) is 0 Å². The highest BCUT2D eigenvalue weighted by atomic mass is 16.5. The van der Waals surface area contributed by atoms with Crippen LogP contribution < -0.4 is 4.74 Å². The van der Waals surface area contributed by atoms with Crippen molar-refractivity contribution in [1.82, 2.24) is 0 Å². The zero-order valence-corrected chi connectivity index (χ0v) is 12.6. The number of hydrogen-bond donors (Lipinski definition) is 1. The van der Waals surface area contributed by atoms with Gasteiger partial charge in [-0.25, -0.2) is 4.79 Å². The smallest absolute Gasteiger partial charge is 0.343 e. The Balaban J connectivity index is 3.08. The van der Waals surface area contributed by atoms with Crippen molar-refractivity contribution in [3.63, 3.8) is 0 Å². The van der Waals surface area contributed by atoms with E-state index in [9.17, 15) is 9.90 Å². The average Bonchev–Trinajstić information content (AvgIpc) is 2.48. The van der Waals surface area contributed by atoms with Gasteiger partial charge in [0.05, 0.1) is 13.7 Å². The maximum atomic E-state index is 11.9. The molecule has 1 aromatic carbocycles. The zero-order chi connectivity index (χ0) is 15.7. The van der Waals surface area contributed by atoms with Crippen molar-refractivity contribution in [3.8, 4) is 5.75 Å². The highest BCUT2D eigenvalue weighted by Crippen LogP contribution is 2.26. The molecule has 0 spiro atoms. The number of aliphatic hydroxyl groups is 1. The summed E-state index contributed by atoms with van der Waals surface area (Å²) in [5.41, 5.74) is 0.649. The molecule has 0 atom stereocenters. The standard InChI is InChI=1S/C16H21NO4/c1-4-8-14(18)12(16(19)21-5-2)11-17-13-9-6-7-10-15(13)20-3/h6-7,9-11,18H,4-5,8H2,1-3H3. The molecule has 0 heterocycles. The van der Waals surface area contributed by atoms with Crippen LogP contribution >= 0.6 is 0 Å². The molecule has 0 bridgehead atoms. The minimum absolute atomic E-state index is 0.0189. The van der Waals surface area contributed by atoms with Crippen LogP contribution in [0, 0.1) is 0 Å². The molecule has 0 aliphatic rings. The molecule has 1 rings (SSSR count). The number of nitrogens with zero attached hydrogens (tertiary/aromatic N) is 1. The summed E-state index contributed by atoms with van der Waals surface area (Å²) >= 11 is 0. The Morgan fingerprint density at radius 3 is 2.67 bits per heavy atom. The molecule has 21 heavy (non-hydrogen) atoms. The highest BCUT2D eigenvalue weighted by Gasteiger charge is 2.14. The molecule has 5 nitrogen and oxygen atoms in total. The van der Waals surface area contributed by atoms with E-state index < -0.39 is 5.97 Å². The second-order valence-corrected chi connectivity index (χ2v) is 4.26. The van der Waals surface area contributed by atoms with Crippen molar-refractivity contribution in [1.29, 1.82) is 0 Å². The van der Waals surface area contributed by atoms with Crippen LogP contribution in [0.15, 0.2) is 40.6 Å². The second kappa shape index (κ2) is 8.79. The number of carbonyl (C=O) groups is 1. The third-order valence-corrected chi connectivity index (χ3v) is 2.71. The Morgan fingerprint density at radius 2 is 2.05 bits per heavy atom. The molecule has 0 aromatic heterocycles. The number of carbonyl (C=O) groups excluding carboxylic acids is 1. The Bertz CT molecular complexity index is 535. The molecule has 0 aliphatic carbocycles. The van der Waals surface area contributed by atoms with Gasteiger partial charge in [0, 0.05) is 12.6 Å². The van der Waals surface area contributed by atoms with E-state index in [0.29, 0.717) is 17.9 Å². The largest absolute Gasteiger partial charge is 0.511 e. The van der Waals surface area contributed by atoms with Crippen LogP contribution in [0.1, 0.15) is 26.7 Å². The SMILES string of the molecule is CCCC(O)=C(C=Nc1ccccc1OC)C(=O)OCC. The van der Waals surface area contributed by atoms with Crippen LogP contribution in [0.3, 0.4) is 0 Å². The third kappa shape index (κ3) is 4.95. The number of aliphatic imine (C=N–C) groups is 1. The second-order valence-electron chi connectivity index (χ2n) is 4.26. The highest BCUT2D eigenvalue weighted by molar-refractivity contribution is 6.10. The molecule has 0 unspecified atom stereocenters. The van der Waals surface area contributed by atoms with Gasteiger partial charge in [0.15, 0.2) is 0 Å². The maximum absolute atomic E-state index is 11.9. The van der Waals surface area contributed by atoms with Gasteiger partial charge >= 0.3 is 5.97 Å². The first kappa shape index (κ1) is 16.8. The lowest BCUT2D eigenvalue weighted by atomic mass is 10.1.